The molecule has 1 aromatic rings. The van der Waals surface area contributed by atoms with Crippen LogP contribution in [0.2, 0.25) is 0 Å². The minimum Gasteiger partial charge on any atom is -0.334 e. The summed E-state index contributed by atoms with van der Waals surface area (Å²) in [6.07, 6.45) is 0. The van der Waals surface area contributed by atoms with Gasteiger partial charge in [-0.2, -0.15) is 0 Å². The van der Waals surface area contributed by atoms with Gasteiger partial charge in [-0.05, 0) is 19.7 Å². The molecule has 0 aliphatic heterocycles. The van der Waals surface area contributed by atoms with E-state index in [9.17, 15) is 4.79 Å². The Labute approximate surface area is 103 Å². The number of nitrogens with one attached hydrogen (secondary N) is 1. The van der Waals surface area contributed by atoms with E-state index in [1.54, 1.807) is 4.90 Å². The molecule has 0 fully saturated rings. The van der Waals surface area contributed by atoms with Crippen molar-refractivity contribution in [1.82, 2.24) is 15.1 Å². The van der Waals surface area contributed by atoms with Gasteiger partial charge in [0.1, 0.15) is 0 Å². The molecule has 1 aromatic carbocycles. The molecule has 0 aliphatic rings. The molecule has 0 saturated carbocycles. The van der Waals surface area contributed by atoms with Crippen molar-refractivity contribution >= 4 is 6.03 Å². The standard InChI is InChI=1S/C13H21N3O/c1-15(2)9-10-16(3)13(17)14-11-12-7-5-4-6-8-12/h4-8H,9-11H2,1-3H3,(H,14,17). The predicted octanol–water partition coefficient (Wildman–Crippen LogP) is 1.39. The summed E-state index contributed by atoms with van der Waals surface area (Å²) < 4.78 is 0. The average Bonchev–Trinajstić information content (AvgIpc) is 2.34. The van der Waals surface area contributed by atoms with E-state index in [0.29, 0.717) is 6.54 Å². The SMILES string of the molecule is CN(C)CCN(C)C(=O)NCc1ccccc1. The zero-order chi connectivity index (χ0) is 12.7. The lowest BCUT2D eigenvalue weighted by Crippen LogP contribution is -2.40. The van der Waals surface area contributed by atoms with Crippen molar-refractivity contribution in [2.75, 3.05) is 34.2 Å². The lowest BCUT2D eigenvalue weighted by molar-refractivity contribution is 0.203. The molecule has 1 N–H and O–H groups in total. The Hall–Kier alpha value is -1.55. The Bertz CT molecular complexity index is 338. The molecule has 0 spiro atoms. The number of nitrogens with zero attached hydrogens (tertiary/aromatic N) is 2. The number of carbonyl (C=O) groups is 1. The molecule has 0 aromatic heterocycles. The number of hydrogen-bond donors (Lipinski definition) is 1. The first-order valence-corrected chi connectivity index (χ1v) is 5.77. The van der Waals surface area contributed by atoms with Gasteiger partial charge in [-0.1, -0.05) is 30.3 Å². The summed E-state index contributed by atoms with van der Waals surface area (Å²) in [5.41, 5.74) is 1.11. The van der Waals surface area contributed by atoms with Crippen LogP contribution in [0, 0.1) is 0 Å². The molecule has 2 amide bonds. The highest BCUT2D eigenvalue weighted by Gasteiger charge is 2.07. The second-order valence-electron chi connectivity index (χ2n) is 4.37. The van der Waals surface area contributed by atoms with Gasteiger partial charge in [-0.15, -0.1) is 0 Å². The summed E-state index contributed by atoms with van der Waals surface area (Å²) in [6.45, 7) is 2.18. The fourth-order valence-electron chi connectivity index (χ4n) is 1.36. The van der Waals surface area contributed by atoms with Gasteiger partial charge in [0.2, 0.25) is 0 Å². The largest absolute Gasteiger partial charge is 0.334 e. The van der Waals surface area contributed by atoms with Gasteiger partial charge >= 0.3 is 6.03 Å². The number of likely N-dealkylation sites (N-methyl/N-ethyl adjacent to an activating group) is 2. The van der Waals surface area contributed by atoms with Gasteiger partial charge in [0.25, 0.3) is 0 Å². The normalized spacial score (nSPS) is 10.4. The maximum atomic E-state index is 11.7. The molecule has 0 bridgehead atoms. The fourth-order valence-corrected chi connectivity index (χ4v) is 1.36. The van der Waals surface area contributed by atoms with Crippen LogP contribution in [0.5, 0.6) is 0 Å². The summed E-state index contributed by atoms with van der Waals surface area (Å²) in [5, 5.41) is 2.89. The van der Waals surface area contributed by atoms with Crippen LogP contribution < -0.4 is 5.32 Å². The number of benzene rings is 1. The molecule has 0 saturated heterocycles. The lowest BCUT2D eigenvalue weighted by Gasteiger charge is -2.20. The molecule has 0 aliphatic carbocycles. The van der Waals surface area contributed by atoms with E-state index >= 15 is 0 Å². The monoisotopic (exact) mass is 235 g/mol. The third-order valence-electron chi connectivity index (χ3n) is 2.52. The van der Waals surface area contributed by atoms with E-state index in [1.807, 2.05) is 51.5 Å². The van der Waals surface area contributed by atoms with Crippen LogP contribution in [0.1, 0.15) is 5.56 Å². The molecule has 0 radical (unpaired) electrons. The summed E-state index contributed by atoms with van der Waals surface area (Å²) in [7, 11) is 5.80. The van der Waals surface area contributed by atoms with Crippen LogP contribution in [0.3, 0.4) is 0 Å². The summed E-state index contributed by atoms with van der Waals surface area (Å²) >= 11 is 0. The van der Waals surface area contributed by atoms with E-state index in [1.165, 1.54) is 0 Å². The van der Waals surface area contributed by atoms with Gasteiger partial charge in [-0.3, -0.25) is 0 Å². The van der Waals surface area contributed by atoms with Gasteiger partial charge in [0, 0.05) is 26.7 Å². The van der Waals surface area contributed by atoms with Crippen molar-refractivity contribution in [3.05, 3.63) is 35.9 Å². The summed E-state index contributed by atoms with van der Waals surface area (Å²) in [4.78, 5) is 15.5. The van der Waals surface area contributed by atoms with Gasteiger partial charge in [0.15, 0.2) is 0 Å². The number of amides is 2. The maximum Gasteiger partial charge on any atom is 0.317 e. The van der Waals surface area contributed by atoms with Crippen molar-refractivity contribution in [2.45, 2.75) is 6.54 Å². The summed E-state index contributed by atoms with van der Waals surface area (Å²) in [6, 6.07) is 9.87. The first kappa shape index (κ1) is 13.5. The average molecular weight is 235 g/mol. The fraction of sp³-hybridized carbons (Fsp3) is 0.462. The van der Waals surface area contributed by atoms with Crippen molar-refractivity contribution in [2.24, 2.45) is 0 Å². The first-order valence-electron chi connectivity index (χ1n) is 5.77. The highest BCUT2D eigenvalue weighted by atomic mass is 16.2. The number of urea groups is 1. The third-order valence-corrected chi connectivity index (χ3v) is 2.52. The lowest BCUT2D eigenvalue weighted by atomic mass is 10.2. The van der Waals surface area contributed by atoms with Crippen molar-refractivity contribution < 1.29 is 4.79 Å². The molecule has 1 rings (SSSR count). The quantitative estimate of drug-likeness (QED) is 0.837. The number of hydrogen-bond acceptors (Lipinski definition) is 2. The minimum atomic E-state index is -0.0318. The number of carbonyl (C=O) groups excluding carboxylic acids is 1. The summed E-state index contributed by atoms with van der Waals surface area (Å²) in [5.74, 6) is 0. The molecule has 0 unspecified atom stereocenters. The van der Waals surface area contributed by atoms with Crippen LogP contribution >= 0.6 is 0 Å². The molecule has 0 atom stereocenters. The van der Waals surface area contributed by atoms with Gasteiger partial charge < -0.3 is 15.1 Å². The van der Waals surface area contributed by atoms with Crippen molar-refractivity contribution in [1.29, 1.82) is 0 Å². The topological polar surface area (TPSA) is 35.6 Å². The Morgan fingerprint density at radius 3 is 2.35 bits per heavy atom. The highest BCUT2D eigenvalue weighted by Crippen LogP contribution is 1.97. The predicted molar refractivity (Wildman–Crippen MR) is 69.9 cm³/mol. The Morgan fingerprint density at radius 1 is 1.12 bits per heavy atom. The Morgan fingerprint density at radius 2 is 1.76 bits per heavy atom. The highest BCUT2D eigenvalue weighted by molar-refractivity contribution is 5.73. The molecule has 0 heterocycles. The van der Waals surface area contributed by atoms with Crippen LogP contribution in [-0.4, -0.2) is 50.1 Å². The Balaban J connectivity index is 2.29. The zero-order valence-corrected chi connectivity index (χ0v) is 10.8. The first-order chi connectivity index (χ1) is 8.09. The van der Waals surface area contributed by atoms with Crippen molar-refractivity contribution in [3.8, 4) is 0 Å². The van der Waals surface area contributed by atoms with Crippen molar-refractivity contribution in [3.63, 3.8) is 0 Å². The van der Waals surface area contributed by atoms with Crippen LogP contribution in [0.4, 0.5) is 4.79 Å². The van der Waals surface area contributed by atoms with E-state index < -0.39 is 0 Å². The van der Waals surface area contributed by atoms with E-state index in [-0.39, 0.29) is 6.03 Å². The third kappa shape index (κ3) is 5.36. The molecule has 4 heteroatoms. The second kappa shape index (κ2) is 6.91. The molecular formula is C13H21N3O. The van der Waals surface area contributed by atoms with E-state index in [4.69, 9.17) is 0 Å². The minimum absolute atomic E-state index is 0.0318. The smallest absolute Gasteiger partial charge is 0.317 e. The van der Waals surface area contributed by atoms with Crippen LogP contribution in [0.25, 0.3) is 0 Å². The zero-order valence-electron chi connectivity index (χ0n) is 10.8. The maximum absolute atomic E-state index is 11.7. The van der Waals surface area contributed by atoms with Gasteiger partial charge in [-0.25, -0.2) is 4.79 Å². The van der Waals surface area contributed by atoms with Crippen LogP contribution in [0.15, 0.2) is 30.3 Å². The Kier molecular flexibility index (Phi) is 5.49. The second-order valence-corrected chi connectivity index (χ2v) is 4.37. The van der Waals surface area contributed by atoms with E-state index in [2.05, 4.69) is 10.2 Å². The number of rotatable bonds is 5. The van der Waals surface area contributed by atoms with E-state index in [0.717, 1.165) is 18.7 Å². The molecule has 17 heavy (non-hydrogen) atoms. The molecule has 4 nitrogen and oxygen atoms in total. The molecule has 94 valence electrons. The van der Waals surface area contributed by atoms with Crippen LogP contribution in [-0.2, 0) is 6.54 Å². The molecular weight excluding hydrogens is 214 g/mol. The van der Waals surface area contributed by atoms with Gasteiger partial charge in [0.05, 0.1) is 0 Å².